The number of aliphatic hydroxyl groups is 1. The highest BCUT2D eigenvalue weighted by molar-refractivity contribution is 6.06. The SMILES string of the molecule is CO[C@H]1CC[C@H](CN2CC(=O)N(c3ccc(C(C)(C)O)nc3)c3nccnc32)C1. The second-order valence-corrected chi connectivity index (χ2v) is 8.31. The Kier molecular flexibility index (Phi) is 5.23. The van der Waals surface area contributed by atoms with E-state index >= 15 is 0 Å². The second-order valence-electron chi connectivity index (χ2n) is 8.31. The molecule has 1 N–H and O–H groups in total. The molecule has 2 atom stereocenters. The van der Waals surface area contributed by atoms with Crippen LogP contribution in [0.5, 0.6) is 0 Å². The summed E-state index contributed by atoms with van der Waals surface area (Å²) in [6, 6.07) is 3.51. The predicted molar refractivity (Wildman–Crippen MR) is 109 cm³/mol. The van der Waals surface area contributed by atoms with E-state index in [4.69, 9.17) is 4.74 Å². The first kappa shape index (κ1) is 19.7. The van der Waals surface area contributed by atoms with Gasteiger partial charge < -0.3 is 14.7 Å². The Morgan fingerprint density at radius 2 is 1.93 bits per heavy atom. The summed E-state index contributed by atoms with van der Waals surface area (Å²) < 4.78 is 5.48. The van der Waals surface area contributed by atoms with Crippen molar-refractivity contribution in [3.63, 3.8) is 0 Å². The maximum Gasteiger partial charge on any atom is 0.252 e. The Bertz CT molecular complexity index is 881. The van der Waals surface area contributed by atoms with Gasteiger partial charge in [-0.25, -0.2) is 9.97 Å². The highest BCUT2D eigenvalue weighted by Gasteiger charge is 2.35. The smallest absolute Gasteiger partial charge is 0.252 e. The molecule has 8 heteroatoms. The molecule has 0 saturated heterocycles. The zero-order chi connectivity index (χ0) is 20.6. The fraction of sp³-hybridized carbons (Fsp3) is 0.524. The molecule has 1 amide bonds. The van der Waals surface area contributed by atoms with E-state index in [9.17, 15) is 9.90 Å². The summed E-state index contributed by atoms with van der Waals surface area (Å²) in [4.78, 5) is 30.0. The van der Waals surface area contributed by atoms with Crippen LogP contribution in [0.1, 0.15) is 38.8 Å². The number of nitrogens with zero attached hydrogens (tertiary/aromatic N) is 5. The van der Waals surface area contributed by atoms with Crippen LogP contribution >= 0.6 is 0 Å². The maximum absolute atomic E-state index is 13.1. The molecule has 0 bridgehead atoms. The minimum Gasteiger partial charge on any atom is -0.384 e. The molecule has 29 heavy (non-hydrogen) atoms. The summed E-state index contributed by atoms with van der Waals surface area (Å²) >= 11 is 0. The summed E-state index contributed by atoms with van der Waals surface area (Å²) in [5.74, 6) is 1.63. The Hall–Kier alpha value is -2.58. The Morgan fingerprint density at radius 1 is 1.17 bits per heavy atom. The van der Waals surface area contributed by atoms with Gasteiger partial charge in [0.1, 0.15) is 5.60 Å². The van der Waals surface area contributed by atoms with Crippen LogP contribution in [-0.2, 0) is 15.1 Å². The number of amides is 1. The second kappa shape index (κ2) is 7.68. The van der Waals surface area contributed by atoms with Crippen LogP contribution in [0.25, 0.3) is 0 Å². The third-order valence-corrected chi connectivity index (χ3v) is 5.69. The van der Waals surface area contributed by atoms with Crippen LogP contribution in [0.2, 0.25) is 0 Å². The van der Waals surface area contributed by atoms with E-state index in [1.165, 1.54) is 0 Å². The van der Waals surface area contributed by atoms with Crippen molar-refractivity contribution in [3.8, 4) is 0 Å². The molecule has 4 rings (SSSR count). The average Bonchev–Trinajstić information content (AvgIpc) is 3.15. The molecule has 2 aliphatic rings. The van der Waals surface area contributed by atoms with Crippen LogP contribution in [0.15, 0.2) is 30.7 Å². The highest BCUT2D eigenvalue weighted by atomic mass is 16.5. The van der Waals surface area contributed by atoms with E-state index in [2.05, 4.69) is 15.0 Å². The van der Waals surface area contributed by atoms with Crippen molar-refractivity contribution in [3.05, 3.63) is 36.4 Å². The van der Waals surface area contributed by atoms with E-state index in [-0.39, 0.29) is 12.5 Å². The normalized spacial score (nSPS) is 22.1. The van der Waals surface area contributed by atoms with Crippen molar-refractivity contribution in [2.24, 2.45) is 5.92 Å². The lowest BCUT2D eigenvalue weighted by Crippen LogP contribution is -2.46. The van der Waals surface area contributed by atoms with Crippen LogP contribution in [0.3, 0.4) is 0 Å². The zero-order valence-electron chi connectivity index (χ0n) is 17.1. The van der Waals surface area contributed by atoms with Crippen LogP contribution in [0, 0.1) is 5.92 Å². The van der Waals surface area contributed by atoms with Crippen molar-refractivity contribution in [1.82, 2.24) is 15.0 Å². The van der Waals surface area contributed by atoms with Crippen molar-refractivity contribution >= 4 is 23.2 Å². The van der Waals surface area contributed by atoms with Gasteiger partial charge in [0.05, 0.1) is 30.2 Å². The number of carbonyl (C=O) groups excluding carboxylic acids is 1. The molecular weight excluding hydrogens is 370 g/mol. The zero-order valence-corrected chi connectivity index (χ0v) is 17.1. The van der Waals surface area contributed by atoms with Gasteiger partial charge in [-0.3, -0.25) is 14.7 Å². The molecule has 0 radical (unpaired) electrons. The average molecular weight is 397 g/mol. The van der Waals surface area contributed by atoms with Crippen molar-refractivity contribution in [2.75, 3.05) is 30.0 Å². The first-order valence-electron chi connectivity index (χ1n) is 9.97. The summed E-state index contributed by atoms with van der Waals surface area (Å²) in [5.41, 5.74) is 0.116. The lowest BCUT2D eigenvalue weighted by Gasteiger charge is -2.36. The number of fused-ring (bicyclic) bond motifs is 1. The lowest BCUT2D eigenvalue weighted by molar-refractivity contribution is -0.116. The van der Waals surface area contributed by atoms with Gasteiger partial charge in [-0.15, -0.1) is 0 Å². The van der Waals surface area contributed by atoms with Gasteiger partial charge >= 0.3 is 0 Å². The Labute approximate surface area is 170 Å². The summed E-state index contributed by atoms with van der Waals surface area (Å²) in [7, 11) is 1.76. The molecule has 1 aliphatic heterocycles. The number of ether oxygens (including phenoxy) is 1. The summed E-state index contributed by atoms with van der Waals surface area (Å²) in [6.07, 6.45) is 8.30. The van der Waals surface area contributed by atoms with Crippen molar-refractivity contribution < 1.29 is 14.6 Å². The molecule has 0 spiro atoms. The molecule has 3 heterocycles. The molecule has 1 saturated carbocycles. The van der Waals surface area contributed by atoms with E-state index in [0.29, 0.717) is 35.0 Å². The minimum atomic E-state index is -1.04. The highest BCUT2D eigenvalue weighted by Crippen LogP contribution is 2.37. The number of carbonyl (C=O) groups is 1. The number of rotatable bonds is 5. The lowest BCUT2D eigenvalue weighted by atomic mass is 10.0. The van der Waals surface area contributed by atoms with Gasteiger partial charge in [0, 0.05) is 26.0 Å². The van der Waals surface area contributed by atoms with Gasteiger partial charge in [-0.1, -0.05) is 0 Å². The molecule has 1 aliphatic carbocycles. The topological polar surface area (TPSA) is 91.7 Å². The first-order valence-corrected chi connectivity index (χ1v) is 9.97. The summed E-state index contributed by atoms with van der Waals surface area (Å²) in [5, 5.41) is 10.1. The van der Waals surface area contributed by atoms with Gasteiger partial charge in [-0.05, 0) is 51.2 Å². The Morgan fingerprint density at radius 3 is 2.55 bits per heavy atom. The third kappa shape index (κ3) is 3.95. The third-order valence-electron chi connectivity index (χ3n) is 5.69. The molecule has 2 aromatic rings. The fourth-order valence-corrected chi connectivity index (χ4v) is 4.15. The number of methoxy groups -OCH3 is 1. The number of hydrogen-bond donors (Lipinski definition) is 1. The van der Waals surface area contributed by atoms with Crippen LogP contribution in [-0.4, -0.2) is 52.3 Å². The first-order chi connectivity index (χ1) is 13.9. The quantitative estimate of drug-likeness (QED) is 0.828. The Balaban J connectivity index is 1.61. The molecule has 0 unspecified atom stereocenters. The molecule has 2 aromatic heterocycles. The monoisotopic (exact) mass is 397 g/mol. The van der Waals surface area contributed by atoms with E-state index in [1.54, 1.807) is 56.6 Å². The van der Waals surface area contributed by atoms with Crippen LogP contribution < -0.4 is 9.80 Å². The van der Waals surface area contributed by atoms with Crippen LogP contribution in [0.4, 0.5) is 17.3 Å². The number of aromatic nitrogens is 3. The largest absolute Gasteiger partial charge is 0.384 e. The number of pyridine rings is 1. The van der Waals surface area contributed by atoms with E-state index in [0.717, 1.165) is 25.8 Å². The van der Waals surface area contributed by atoms with Crippen molar-refractivity contribution in [1.29, 1.82) is 0 Å². The molecule has 1 fully saturated rings. The fourth-order valence-electron chi connectivity index (χ4n) is 4.15. The summed E-state index contributed by atoms with van der Waals surface area (Å²) in [6.45, 7) is 4.36. The molecule has 0 aromatic carbocycles. The van der Waals surface area contributed by atoms with E-state index in [1.807, 2.05) is 4.90 Å². The van der Waals surface area contributed by atoms with Gasteiger partial charge in [0.15, 0.2) is 11.6 Å². The molecule has 154 valence electrons. The van der Waals surface area contributed by atoms with Gasteiger partial charge in [-0.2, -0.15) is 0 Å². The minimum absolute atomic E-state index is 0.0721. The predicted octanol–water partition coefficient (Wildman–Crippen LogP) is 2.40. The standard InChI is InChI=1S/C21H27N5O3/c1-21(2,28)17-7-5-15(11-24-17)26-18(27)13-25(19-20(26)23-9-8-22-19)12-14-4-6-16(10-14)29-3/h5,7-9,11,14,16,28H,4,6,10,12-13H2,1-3H3/t14-,16-/m0/s1. The van der Waals surface area contributed by atoms with Gasteiger partial charge in [0.25, 0.3) is 5.91 Å². The number of anilines is 3. The van der Waals surface area contributed by atoms with Crippen molar-refractivity contribution in [2.45, 2.75) is 44.8 Å². The molecular formula is C21H27N5O3. The van der Waals surface area contributed by atoms with E-state index < -0.39 is 5.60 Å². The molecule has 8 nitrogen and oxygen atoms in total. The maximum atomic E-state index is 13.1. The van der Waals surface area contributed by atoms with Gasteiger partial charge in [0.2, 0.25) is 0 Å². The number of hydrogen-bond acceptors (Lipinski definition) is 7.